The third kappa shape index (κ3) is 6.48. The Kier molecular flexibility index (Phi) is 7.18. The van der Waals surface area contributed by atoms with E-state index in [9.17, 15) is 8.42 Å². The van der Waals surface area contributed by atoms with Crippen molar-refractivity contribution in [3.8, 4) is 23.0 Å². The molecular formula is C23H29N5O2S2. The van der Waals surface area contributed by atoms with Crippen LogP contribution in [0.5, 0.6) is 0 Å². The fraction of sp³-hybridized carbons (Fsp3) is 0.435. The van der Waals surface area contributed by atoms with Crippen LogP contribution in [0.2, 0.25) is 0 Å². The summed E-state index contributed by atoms with van der Waals surface area (Å²) >= 11 is 1.12. The molecule has 0 bridgehead atoms. The lowest BCUT2D eigenvalue weighted by molar-refractivity contribution is 0.543. The number of hydrazine groups is 1. The number of terminal acetylenes is 1. The van der Waals surface area contributed by atoms with Gasteiger partial charge in [-0.25, -0.2) is 28.8 Å². The van der Waals surface area contributed by atoms with Gasteiger partial charge in [0.25, 0.3) is 0 Å². The van der Waals surface area contributed by atoms with Crippen LogP contribution in [0.1, 0.15) is 51.8 Å². The Morgan fingerprint density at radius 1 is 1.34 bits per heavy atom. The van der Waals surface area contributed by atoms with Gasteiger partial charge in [0.2, 0.25) is 9.84 Å². The summed E-state index contributed by atoms with van der Waals surface area (Å²) in [5, 5.41) is 1.26. The zero-order chi connectivity index (χ0) is 23.5. The van der Waals surface area contributed by atoms with Crippen LogP contribution < -0.4 is 10.9 Å². The molecule has 0 spiro atoms. The molecule has 1 saturated carbocycles. The van der Waals surface area contributed by atoms with Gasteiger partial charge in [-0.2, -0.15) is 0 Å². The Hall–Kier alpha value is -2.54. The predicted octanol–water partition coefficient (Wildman–Crippen LogP) is 4.38. The van der Waals surface area contributed by atoms with E-state index in [4.69, 9.17) is 6.42 Å². The Morgan fingerprint density at radius 2 is 2.06 bits per heavy atom. The average Bonchev–Trinajstić information content (AvgIpc) is 3.37. The molecule has 0 unspecified atom stereocenters. The smallest absolute Gasteiger partial charge is 0.208 e. The summed E-state index contributed by atoms with van der Waals surface area (Å²) in [7, 11) is -3.54. The van der Waals surface area contributed by atoms with E-state index in [-0.39, 0.29) is 9.62 Å². The van der Waals surface area contributed by atoms with Crippen molar-refractivity contribution in [3.05, 3.63) is 34.9 Å². The van der Waals surface area contributed by atoms with E-state index in [1.165, 1.54) is 18.2 Å². The minimum atomic E-state index is -3.54. The number of hydrogen-bond acceptors (Lipinski definition) is 7. The Balaban J connectivity index is 1.89. The molecule has 1 fully saturated rings. The van der Waals surface area contributed by atoms with Crippen LogP contribution in [0.25, 0.3) is 10.7 Å². The van der Waals surface area contributed by atoms with Gasteiger partial charge in [0.05, 0.1) is 16.1 Å². The van der Waals surface area contributed by atoms with Gasteiger partial charge in [0, 0.05) is 12.0 Å². The largest absolute Gasteiger partial charge is 0.309 e. The Morgan fingerprint density at radius 3 is 2.69 bits per heavy atom. The molecular weight excluding hydrogens is 442 g/mol. The van der Waals surface area contributed by atoms with Crippen LogP contribution in [0.15, 0.2) is 32.8 Å². The van der Waals surface area contributed by atoms with Crippen LogP contribution in [0.4, 0.5) is 5.82 Å². The maximum atomic E-state index is 12.7. The highest BCUT2D eigenvalue weighted by molar-refractivity contribution is 7.96. The van der Waals surface area contributed by atoms with Gasteiger partial charge in [-0.3, -0.25) is 0 Å². The molecule has 0 radical (unpaired) electrons. The number of aryl methyl sites for hydroxylation is 1. The Bertz CT molecular complexity index is 1190. The summed E-state index contributed by atoms with van der Waals surface area (Å²) in [4.78, 5) is 14.2. The van der Waals surface area contributed by atoms with Gasteiger partial charge in [0.1, 0.15) is 10.0 Å². The molecule has 2 N–H and O–H groups in total. The molecule has 0 aliphatic heterocycles. The monoisotopic (exact) mass is 471 g/mol. The molecule has 3 rings (SSSR count). The van der Waals surface area contributed by atoms with Crippen LogP contribution in [-0.4, -0.2) is 30.8 Å². The molecule has 0 aromatic carbocycles. The van der Waals surface area contributed by atoms with Crippen LogP contribution in [0.3, 0.4) is 0 Å². The fourth-order valence-electron chi connectivity index (χ4n) is 2.70. The second-order valence-corrected chi connectivity index (χ2v) is 12.1. The third-order valence-electron chi connectivity index (χ3n) is 4.68. The molecule has 0 saturated heterocycles. The van der Waals surface area contributed by atoms with E-state index in [1.807, 2.05) is 27.7 Å². The average molecular weight is 472 g/mol. The maximum Gasteiger partial charge on any atom is 0.208 e. The highest BCUT2D eigenvalue weighted by Gasteiger charge is 2.21. The summed E-state index contributed by atoms with van der Waals surface area (Å²) in [6.45, 7) is 10.4. The number of nitrogens with zero attached hydrogens (tertiary/aromatic N) is 3. The molecule has 1 aliphatic carbocycles. The van der Waals surface area contributed by atoms with Crippen molar-refractivity contribution in [1.29, 1.82) is 0 Å². The van der Waals surface area contributed by atoms with E-state index in [0.29, 0.717) is 33.6 Å². The van der Waals surface area contributed by atoms with Gasteiger partial charge >= 0.3 is 0 Å². The molecule has 9 heteroatoms. The Labute approximate surface area is 194 Å². The molecule has 32 heavy (non-hydrogen) atoms. The predicted molar refractivity (Wildman–Crippen MR) is 130 cm³/mol. The lowest BCUT2D eigenvalue weighted by Gasteiger charge is -2.10. The first kappa shape index (κ1) is 24.1. The van der Waals surface area contributed by atoms with Crippen molar-refractivity contribution in [2.45, 2.75) is 51.7 Å². The number of nitrogens with one attached hydrogen (secondary N) is 2. The van der Waals surface area contributed by atoms with E-state index in [2.05, 4.69) is 31.7 Å². The number of aliphatic imine (C=N–C) groups is 1. The normalized spacial score (nSPS) is 15.2. The lowest BCUT2D eigenvalue weighted by Crippen LogP contribution is -2.37. The van der Waals surface area contributed by atoms with E-state index in [0.717, 1.165) is 23.8 Å². The fourth-order valence-corrected chi connectivity index (χ4v) is 5.26. The molecule has 2 heterocycles. The highest BCUT2D eigenvalue weighted by atomic mass is 32.2. The van der Waals surface area contributed by atoms with E-state index < -0.39 is 9.84 Å². The first-order valence-electron chi connectivity index (χ1n) is 10.4. The van der Waals surface area contributed by atoms with Crippen molar-refractivity contribution in [2.24, 2.45) is 16.3 Å². The summed E-state index contributed by atoms with van der Waals surface area (Å²) in [6, 6.07) is 3.29. The van der Waals surface area contributed by atoms with Crippen LogP contribution in [-0.2, 0) is 9.84 Å². The number of allylic oxidation sites excluding steroid dienone is 1. The molecule has 0 atom stereocenters. The molecule has 7 nitrogen and oxygen atoms in total. The second-order valence-electron chi connectivity index (χ2n) is 8.95. The molecule has 1 aliphatic rings. The highest BCUT2D eigenvalue weighted by Crippen LogP contribution is 2.32. The van der Waals surface area contributed by atoms with Gasteiger partial charge < -0.3 is 5.43 Å². The zero-order valence-electron chi connectivity index (χ0n) is 19.1. The van der Waals surface area contributed by atoms with Crippen molar-refractivity contribution in [3.63, 3.8) is 0 Å². The van der Waals surface area contributed by atoms with Crippen molar-refractivity contribution >= 4 is 32.8 Å². The molecule has 2 aromatic rings. The van der Waals surface area contributed by atoms with E-state index in [1.54, 1.807) is 25.1 Å². The molecule has 2 aromatic heterocycles. The number of rotatable bonds is 7. The van der Waals surface area contributed by atoms with Gasteiger partial charge in [-0.15, -0.1) is 17.8 Å². The number of hydrogen-bond donors (Lipinski definition) is 2. The quantitative estimate of drug-likeness (QED) is 0.269. The first-order valence-corrected chi connectivity index (χ1v) is 12.8. The standard InChI is InChI=1S/C23H29N5O2S2/c1-7-18-15(2)25-22(27-21(18)26-16(3)28-24-14-17-8-9-17)19-10-11-20(31-19)32(29,30)13-12-23(4,5)6/h1,10-13,17,24H,8-9,14H2,2-6H3,(H,25,26,27,28). The van der Waals surface area contributed by atoms with Crippen LogP contribution >= 0.6 is 11.3 Å². The lowest BCUT2D eigenvalue weighted by atomic mass is 9.98. The summed E-state index contributed by atoms with van der Waals surface area (Å²) in [5.41, 5.74) is 7.12. The molecule has 0 amide bonds. The zero-order valence-corrected chi connectivity index (χ0v) is 20.7. The van der Waals surface area contributed by atoms with Crippen molar-refractivity contribution < 1.29 is 8.42 Å². The summed E-state index contributed by atoms with van der Waals surface area (Å²) < 4.78 is 25.6. The minimum Gasteiger partial charge on any atom is -0.309 e. The number of thiophene rings is 1. The SMILES string of the molecule is C#Cc1c(C)nc(-c2ccc(S(=O)(=O)C=CC(C)(C)C)s2)nc1N=C(C)NNCC1CC1. The first-order chi connectivity index (χ1) is 15.0. The third-order valence-corrected chi connectivity index (χ3v) is 7.69. The van der Waals surface area contributed by atoms with Gasteiger partial charge in [-0.05, 0) is 50.2 Å². The van der Waals surface area contributed by atoms with Crippen LogP contribution in [0, 0.1) is 30.6 Å². The summed E-state index contributed by atoms with van der Waals surface area (Å²) in [6.07, 6.45) is 9.87. The number of aromatic nitrogens is 2. The number of sulfone groups is 1. The maximum absolute atomic E-state index is 12.7. The topological polar surface area (TPSA) is 96.3 Å². The van der Waals surface area contributed by atoms with E-state index >= 15 is 0 Å². The molecule has 170 valence electrons. The van der Waals surface area contributed by atoms with Gasteiger partial charge in [-0.1, -0.05) is 32.8 Å². The summed E-state index contributed by atoms with van der Waals surface area (Å²) in [5.74, 6) is 4.74. The van der Waals surface area contributed by atoms with Crippen molar-refractivity contribution in [2.75, 3.05) is 6.54 Å². The minimum absolute atomic E-state index is 0.231. The number of amidine groups is 1. The van der Waals surface area contributed by atoms with Gasteiger partial charge in [0.15, 0.2) is 11.6 Å². The second kappa shape index (κ2) is 9.53. The van der Waals surface area contributed by atoms with Crippen molar-refractivity contribution in [1.82, 2.24) is 20.8 Å².